The molecule has 6 heteroatoms. The van der Waals surface area contributed by atoms with E-state index in [4.69, 9.17) is 16.3 Å². The topological polar surface area (TPSA) is 51.2 Å². The van der Waals surface area contributed by atoms with Crippen molar-refractivity contribution in [1.29, 1.82) is 0 Å². The summed E-state index contributed by atoms with van der Waals surface area (Å²) < 4.78 is 4.97. The van der Waals surface area contributed by atoms with Gasteiger partial charge in [0.1, 0.15) is 5.69 Å². The number of aromatic nitrogens is 1. The third kappa shape index (κ3) is 5.48. The van der Waals surface area contributed by atoms with Crippen molar-refractivity contribution in [1.82, 2.24) is 10.3 Å². The van der Waals surface area contributed by atoms with Gasteiger partial charge in [0.25, 0.3) is 5.91 Å². The zero-order chi connectivity index (χ0) is 12.7. The molecule has 1 amide bonds. The molecule has 0 aliphatic heterocycles. The third-order valence-electron chi connectivity index (χ3n) is 2.05. The third-order valence-corrected chi connectivity index (χ3v) is 3.00. The second-order valence-electron chi connectivity index (χ2n) is 3.46. The average Bonchev–Trinajstić information content (AvgIpc) is 2.30. The summed E-state index contributed by atoms with van der Waals surface area (Å²) in [6.07, 6.45) is 2.25. The fourth-order valence-electron chi connectivity index (χ4n) is 1.21. The van der Waals surface area contributed by atoms with Crippen molar-refractivity contribution >= 4 is 33.4 Å². The van der Waals surface area contributed by atoms with Crippen LogP contribution in [0.15, 0.2) is 18.3 Å². The van der Waals surface area contributed by atoms with Crippen LogP contribution in [0.25, 0.3) is 0 Å². The van der Waals surface area contributed by atoms with Gasteiger partial charge in [0, 0.05) is 24.7 Å². The molecule has 0 bridgehead atoms. The van der Waals surface area contributed by atoms with Crippen molar-refractivity contribution in [3.05, 3.63) is 29.0 Å². The molecular formula is C11H14BrClN2O2. The quantitative estimate of drug-likeness (QED) is 0.818. The largest absolute Gasteiger partial charge is 0.384 e. The highest BCUT2D eigenvalue weighted by Gasteiger charge is 2.08. The maximum Gasteiger partial charge on any atom is 0.269 e. The Hall–Kier alpha value is -0.650. The smallest absolute Gasteiger partial charge is 0.269 e. The first-order valence-corrected chi connectivity index (χ1v) is 6.45. The van der Waals surface area contributed by atoms with Gasteiger partial charge >= 0.3 is 0 Å². The Kier molecular flexibility index (Phi) is 6.47. The molecule has 0 saturated carbocycles. The number of methoxy groups -OCH3 is 1. The minimum absolute atomic E-state index is 0.196. The lowest BCUT2D eigenvalue weighted by Gasteiger charge is -2.09. The number of nitrogens with one attached hydrogen (secondary N) is 1. The van der Waals surface area contributed by atoms with Crippen molar-refractivity contribution in [2.24, 2.45) is 0 Å². The van der Waals surface area contributed by atoms with Gasteiger partial charge in [0.2, 0.25) is 0 Å². The second-order valence-corrected chi connectivity index (χ2v) is 5.19. The van der Waals surface area contributed by atoms with Crippen LogP contribution in [0.2, 0.25) is 5.02 Å². The number of carbonyl (C=O) groups is 1. The normalized spacial score (nSPS) is 12.2. The van der Waals surface area contributed by atoms with Crippen molar-refractivity contribution in [3.63, 3.8) is 0 Å². The highest BCUT2D eigenvalue weighted by atomic mass is 79.9. The van der Waals surface area contributed by atoms with Crippen LogP contribution in [0.1, 0.15) is 16.9 Å². The first kappa shape index (κ1) is 14.4. The van der Waals surface area contributed by atoms with E-state index in [2.05, 4.69) is 26.2 Å². The van der Waals surface area contributed by atoms with Crippen LogP contribution in [0.5, 0.6) is 0 Å². The van der Waals surface area contributed by atoms with E-state index in [1.165, 1.54) is 6.20 Å². The summed E-state index contributed by atoms with van der Waals surface area (Å²) in [5.41, 5.74) is 0.368. The molecule has 1 rings (SSSR count). The van der Waals surface area contributed by atoms with Crippen LogP contribution in [-0.4, -0.2) is 36.0 Å². The maximum atomic E-state index is 11.6. The lowest BCUT2D eigenvalue weighted by molar-refractivity contribution is 0.0947. The number of halogens is 2. The summed E-state index contributed by atoms with van der Waals surface area (Å²) >= 11 is 9.13. The Bertz CT molecular complexity index is 359. The van der Waals surface area contributed by atoms with E-state index in [9.17, 15) is 4.79 Å². The van der Waals surface area contributed by atoms with Crippen molar-refractivity contribution in [2.45, 2.75) is 11.2 Å². The highest BCUT2D eigenvalue weighted by Crippen LogP contribution is 2.07. The number of alkyl halides is 1. The van der Waals surface area contributed by atoms with Gasteiger partial charge in [-0.25, -0.2) is 4.98 Å². The fourth-order valence-corrected chi connectivity index (χ4v) is 1.81. The van der Waals surface area contributed by atoms with Crippen molar-refractivity contribution < 1.29 is 9.53 Å². The summed E-state index contributed by atoms with van der Waals surface area (Å²) in [5, 5.41) is 3.29. The van der Waals surface area contributed by atoms with Gasteiger partial charge in [-0.1, -0.05) is 27.5 Å². The summed E-state index contributed by atoms with van der Waals surface area (Å²) in [5.74, 6) is -0.196. The van der Waals surface area contributed by atoms with Crippen molar-refractivity contribution in [2.75, 3.05) is 20.3 Å². The number of ether oxygens (including phenoxy) is 1. The Labute approximate surface area is 114 Å². The molecule has 0 saturated heterocycles. The predicted molar refractivity (Wildman–Crippen MR) is 70.8 cm³/mol. The van der Waals surface area contributed by atoms with Crippen LogP contribution >= 0.6 is 27.5 Å². The lowest BCUT2D eigenvalue weighted by Crippen LogP contribution is -2.27. The summed E-state index contributed by atoms with van der Waals surface area (Å²) in [6.45, 7) is 1.19. The number of pyridine rings is 1. The van der Waals surface area contributed by atoms with Crippen LogP contribution in [0.4, 0.5) is 0 Å². The highest BCUT2D eigenvalue weighted by molar-refractivity contribution is 9.09. The van der Waals surface area contributed by atoms with E-state index in [1.54, 1.807) is 19.2 Å². The average molecular weight is 322 g/mol. The first-order chi connectivity index (χ1) is 8.13. The van der Waals surface area contributed by atoms with Gasteiger partial charge < -0.3 is 10.1 Å². The molecule has 0 spiro atoms. The molecule has 1 unspecified atom stereocenters. The molecule has 1 heterocycles. The van der Waals surface area contributed by atoms with Crippen LogP contribution in [0, 0.1) is 0 Å². The number of nitrogens with zero attached hydrogens (tertiary/aromatic N) is 1. The second kappa shape index (κ2) is 7.63. The SMILES string of the molecule is COCC(Br)CCNC(=O)c1ccc(Cl)cn1. The van der Waals surface area contributed by atoms with Gasteiger partial charge in [0.05, 0.1) is 11.6 Å². The van der Waals surface area contributed by atoms with Crippen LogP contribution in [-0.2, 0) is 4.74 Å². The molecule has 1 aromatic rings. The molecule has 1 N–H and O–H groups in total. The van der Waals surface area contributed by atoms with E-state index in [1.807, 2.05) is 0 Å². The first-order valence-electron chi connectivity index (χ1n) is 5.16. The van der Waals surface area contributed by atoms with E-state index in [-0.39, 0.29) is 10.7 Å². The molecule has 0 aliphatic rings. The molecule has 0 radical (unpaired) electrons. The van der Waals surface area contributed by atoms with Crippen molar-refractivity contribution in [3.8, 4) is 0 Å². The lowest BCUT2D eigenvalue weighted by atomic mass is 10.3. The molecule has 0 aliphatic carbocycles. The molecule has 4 nitrogen and oxygen atoms in total. The Morgan fingerprint density at radius 1 is 1.65 bits per heavy atom. The zero-order valence-electron chi connectivity index (χ0n) is 9.45. The molecule has 1 atom stereocenters. The predicted octanol–water partition coefficient (Wildman–Crippen LogP) is 2.26. The summed E-state index contributed by atoms with van der Waals surface area (Å²) in [7, 11) is 1.64. The minimum atomic E-state index is -0.196. The fraction of sp³-hybridized carbons (Fsp3) is 0.455. The monoisotopic (exact) mass is 320 g/mol. The van der Waals surface area contributed by atoms with Crippen LogP contribution < -0.4 is 5.32 Å². The van der Waals surface area contributed by atoms with E-state index < -0.39 is 0 Å². The maximum absolute atomic E-state index is 11.6. The van der Waals surface area contributed by atoms with Crippen LogP contribution in [0.3, 0.4) is 0 Å². The Morgan fingerprint density at radius 3 is 3.00 bits per heavy atom. The number of hydrogen-bond donors (Lipinski definition) is 1. The van der Waals surface area contributed by atoms with E-state index in [0.717, 1.165) is 6.42 Å². The Morgan fingerprint density at radius 2 is 2.41 bits per heavy atom. The standard InChI is InChI=1S/C11H14BrClN2O2/c1-17-7-8(12)4-5-14-11(16)10-3-2-9(13)6-15-10/h2-3,6,8H,4-5,7H2,1H3,(H,14,16). The van der Waals surface area contributed by atoms with E-state index in [0.29, 0.717) is 23.9 Å². The molecule has 0 aromatic carbocycles. The zero-order valence-corrected chi connectivity index (χ0v) is 11.8. The molecular weight excluding hydrogens is 307 g/mol. The molecule has 17 heavy (non-hydrogen) atoms. The Balaban J connectivity index is 2.32. The molecule has 0 fully saturated rings. The van der Waals surface area contributed by atoms with Gasteiger partial charge in [-0.2, -0.15) is 0 Å². The summed E-state index contributed by atoms with van der Waals surface area (Å²) in [4.78, 5) is 15.8. The number of hydrogen-bond acceptors (Lipinski definition) is 3. The molecule has 1 aromatic heterocycles. The summed E-state index contributed by atoms with van der Waals surface area (Å²) in [6, 6.07) is 3.24. The van der Waals surface area contributed by atoms with Gasteiger partial charge in [0.15, 0.2) is 0 Å². The molecule has 94 valence electrons. The van der Waals surface area contributed by atoms with E-state index >= 15 is 0 Å². The van der Waals surface area contributed by atoms with Gasteiger partial charge in [-0.05, 0) is 18.6 Å². The minimum Gasteiger partial charge on any atom is -0.384 e. The number of amides is 1. The van der Waals surface area contributed by atoms with Gasteiger partial charge in [-0.3, -0.25) is 4.79 Å². The number of rotatable bonds is 6. The number of carbonyl (C=O) groups excluding carboxylic acids is 1. The van der Waals surface area contributed by atoms with Gasteiger partial charge in [-0.15, -0.1) is 0 Å².